The molecule has 1 saturated carbocycles. The number of ether oxygens (including phenoxy) is 1. The fourth-order valence-corrected chi connectivity index (χ4v) is 6.26. The number of hydrogen-bond acceptors (Lipinski definition) is 4. The van der Waals surface area contributed by atoms with Crippen LogP contribution in [0.15, 0.2) is 78.9 Å². The molecule has 0 spiro atoms. The SMILES string of the molecule is CC1CCCC(n2c(-c3ccc(OCc4cc(C(N)=O)ccc4-c4ccc(Cl)cc4)cc3F)nc3cc(C(=O)O)ccc32)C1. The van der Waals surface area contributed by atoms with Crippen LogP contribution in [0.3, 0.4) is 0 Å². The number of amides is 1. The normalized spacial score (nSPS) is 16.6. The third-order valence-corrected chi connectivity index (χ3v) is 8.58. The van der Waals surface area contributed by atoms with Gasteiger partial charge in [0.15, 0.2) is 0 Å². The van der Waals surface area contributed by atoms with Gasteiger partial charge in [-0.2, -0.15) is 0 Å². The lowest BCUT2D eigenvalue weighted by Gasteiger charge is -2.29. The number of nitrogens with zero attached hydrogens (tertiary/aromatic N) is 2. The average Bonchev–Trinajstić information content (AvgIpc) is 3.39. The molecule has 9 heteroatoms. The van der Waals surface area contributed by atoms with Crippen LogP contribution in [0.4, 0.5) is 4.39 Å². The first-order chi connectivity index (χ1) is 21.2. The number of halogens is 2. The van der Waals surface area contributed by atoms with Crippen molar-refractivity contribution in [3.63, 3.8) is 0 Å². The predicted octanol–water partition coefficient (Wildman–Crippen LogP) is 8.29. The smallest absolute Gasteiger partial charge is 0.335 e. The molecule has 0 bridgehead atoms. The van der Waals surface area contributed by atoms with Crippen molar-refractivity contribution in [3.8, 4) is 28.3 Å². The standard InChI is InChI=1S/C35H31ClFN3O4/c1-20-3-2-4-26(15-20)40-32-14-8-23(35(42)43)17-31(32)39-34(40)29-13-11-27(18-30(29)37)44-19-24-16-22(33(38)41)7-12-28(24)21-5-9-25(36)10-6-21/h5-14,16-18,20,26H,2-4,15,19H2,1H3,(H2,38,41)(H,42,43). The average molecular weight is 612 g/mol. The number of carbonyl (C=O) groups excluding carboxylic acids is 1. The summed E-state index contributed by atoms with van der Waals surface area (Å²) in [4.78, 5) is 28.3. The maximum atomic E-state index is 15.9. The van der Waals surface area contributed by atoms with Crippen LogP contribution in [0.2, 0.25) is 5.02 Å². The van der Waals surface area contributed by atoms with Crippen molar-refractivity contribution >= 4 is 34.5 Å². The van der Waals surface area contributed by atoms with Crippen molar-refractivity contribution in [1.82, 2.24) is 9.55 Å². The zero-order valence-corrected chi connectivity index (χ0v) is 24.9. The van der Waals surface area contributed by atoms with Crippen LogP contribution in [0.25, 0.3) is 33.5 Å². The number of aromatic carboxylic acids is 1. The first-order valence-electron chi connectivity index (χ1n) is 14.5. The van der Waals surface area contributed by atoms with Gasteiger partial charge >= 0.3 is 5.97 Å². The Bertz CT molecular complexity index is 1890. The predicted molar refractivity (Wildman–Crippen MR) is 168 cm³/mol. The van der Waals surface area contributed by atoms with Crippen molar-refractivity contribution < 1.29 is 23.8 Å². The number of fused-ring (bicyclic) bond motifs is 1. The number of carboxylic acids is 1. The molecule has 4 aromatic carbocycles. The fraction of sp³-hybridized carbons (Fsp3) is 0.229. The van der Waals surface area contributed by atoms with Crippen LogP contribution in [0.5, 0.6) is 5.75 Å². The third-order valence-electron chi connectivity index (χ3n) is 8.33. The molecule has 1 aliphatic carbocycles. The summed E-state index contributed by atoms with van der Waals surface area (Å²) in [6, 6.07) is 22.1. The molecule has 0 radical (unpaired) electrons. The lowest BCUT2D eigenvalue weighted by Crippen LogP contribution is -2.18. The number of benzene rings is 4. The molecule has 7 nitrogen and oxygen atoms in total. The van der Waals surface area contributed by atoms with E-state index in [1.54, 1.807) is 54.6 Å². The number of aromatic nitrogens is 2. The number of carboxylic acid groups (broad SMARTS) is 1. The van der Waals surface area contributed by atoms with Crippen molar-refractivity contribution in [2.24, 2.45) is 11.7 Å². The van der Waals surface area contributed by atoms with Gasteiger partial charge in [0.2, 0.25) is 5.91 Å². The topological polar surface area (TPSA) is 107 Å². The van der Waals surface area contributed by atoms with Crippen molar-refractivity contribution in [1.29, 1.82) is 0 Å². The zero-order chi connectivity index (χ0) is 31.0. The molecule has 44 heavy (non-hydrogen) atoms. The van der Waals surface area contributed by atoms with Gasteiger partial charge in [0, 0.05) is 22.7 Å². The van der Waals surface area contributed by atoms with Crippen LogP contribution in [0.1, 0.15) is 64.9 Å². The molecule has 2 atom stereocenters. The van der Waals surface area contributed by atoms with Gasteiger partial charge < -0.3 is 20.1 Å². The summed E-state index contributed by atoms with van der Waals surface area (Å²) in [5.74, 6) is -0.823. The number of primary amides is 1. The quantitative estimate of drug-likeness (QED) is 0.183. The van der Waals surface area contributed by atoms with E-state index >= 15 is 4.39 Å². The molecule has 1 aliphatic rings. The van der Waals surface area contributed by atoms with Gasteiger partial charge in [-0.25, -0.2) is 14.2 Å². The van der Waals surface area contributed by atoms with Gasteiger partial charge in [-0.05, 0) is 90.0 Å². The summed E-state index contributed by atoms with van der Waals surface area (Å²) in [6.07, 6.45) is 4.07. The molecule has 1 heterocycles. The number of nitrogens with two attached hydrogens (primary N) is 1. The molecule has 2 unspecified atom stereocenters. The highest BCUT2D eigenvalue weighted by atomic mass is 35.5. The monoisotopic (exact) mass is 611 g/mol. The summed E-state index contributed by atoms with van der Waals surface area (Å²) in [5, 5.41) is 10.1. The first kappa shape index (κ1) is 29.4. The van der Waals surface area contributed by atoms with Crippen LogP contribution in [-0.4, -0.2) is 26.5 Å². The van der Waals surface area contributed by atoms with E-state index < -0.39 is 17.7 Å². The molecule has 0 saturated heterocycles. The number of imidazole rings is 1. The van der Waals surface area contributed by atoms with Crippen LogP contribution in [0, 0.1) is 11.7 Å². The van der Waals surface area contributed by atoms with Crippen LogP contribution >= 0.6 is 11.6 Å². The number of rotatable bonds is 8. The number of carbonyl (C=O) groups is 2. The maximum absolute atomic E-state index is 15.9. The van der Waals surface area contributed by atoms with Gasteiger partial charge in [-0.1, -0.05) is 49.6 Å². The Kier molecular flexibility index (Phi) is 8.10. The van der Waals surface area contributed by atoms with Crippen LogP contribution in [-0.2, 0) is 6.61 Å². The molecule has 1 fully saturated rings. The molecule has 3 N–H and O–H groups in total. The molecule has 224 valence electrons. The van der Waals surface area contributed by atoms with Gasteiger partial charge in [0.25, 0.3) is 0 Å². The Morgan fingerprint density at radius 3 is 2.45 bits per heavy atom. The van der Waals surface area contributed by atoms with Crippen LogP contribution < -0.4 is 10.5 Å². The van der Waals surface area contributed by atoms with Crippen molar-refractivity contribution in [2.45, 2.75) is 45.3 Å². The molecule has 0 aliphatic heterocycles. The minimum atomic E-state index is -1.04. The van der Waals surface area contributed by atoms with Gasteiger partial charge in [-0.3, -0.25) is 4.79 Å². The molecular weight excluding hydrogens is 581 g/mol. The Hall–Kier alpha value is -4.69. The Morgan fingerprint density at radius 2 is 1.75 bits per heavy atom. The van der Waals surface area contributed by atoms with E-state index in [9.17, 15) is 14.7 Å². The second-order valence-electron chi connectivity index (χ2n) is 11.4. The molecule has 1 amide bonds. The summed E-state index contributed by atoms with van der Waals surface area (Å²) in [5.41, 5.74) is 10.0. The second-order valence-corrected chi connectivity index (χ2v) is 11.8. The second kappa shape index (κ2) is 12.1. The zero-order valence-electron chi connectivity index (χ0n) is 24.1. The summed E-state index contributed by atoms with van der Waals surface area (Å²) < 4.78 is 24.0. The molecular formula is C35H31ClFN3O4. The Balaban J connectivity index is 1.34. The third kappa shape index (κ3) is 5.90. The first-order valence-corrected chi connectivity index (χ1v) is 14.9. The van der Waals surface area contributed by atoms with E-state index in [0.717, 1.165) is 42.3 Å². The van der Waals surface area contributed by atoms with E-state index in [0.29, 0.717) is 44.7 Å². The van der Waals surface area contributed by atoms with E-state index in [4.69, 9.17) is 27.1 Å². The molecule has 6 rings (SSSR count). The highest BCUT2D eigenvalue weighted by Gasteiger charge is 2.27. The van der Waals surface area contributed by atoms with E-state index in [1.807, 2.05) is 12.1 Å². The maximum Gasteiger partial charge on any atom is 0.335 e. The number of hydrogen-bond donors (Lipinski definition) is 2. The van der Waals surface area contributed by atoms with Gasteiger partial charge in [-0.15, -0.1) is 0 Å². The lowest BCUT2D eigenvalue weighted by molar-refractivity contribution is 0.0696. The minimum absolute atomic E-state index is 0.0638. The summed E-state index contributed by atoms with van der Waals surface area (Å²) in [7, 11) is 0. The Labute approximate surface area is 259 Å². The van der Waals surface area contributed by atoms with E-state index in [1.165, 1.54) is 12.1 Å². The Morgan fingerprint density at radius 1 is 1.00 bits per heavy atom. The summed E-state index contributed by atoms with van der Waals surface area (Å²) in [6.45, 7) is 2.28. The summed E-state index contributed by atoms with van der Waals surface area (Å²) >= 11 is 6.07. The molecule has 5 aromatic rings. The van der Waals surface area contributed by atoms with E-state index in [-0.39, 0.29) is 18.2 Å². The van der Waals surface area contributed by atoms with E-state index in [2.05, 4.69) is 11.5 Å². The lowest BCUT2D eigenvalue weighted by atomic mass is 9.86. The van der Waals surface area contributed by atoms with Gasteiger partial charge in [0.1, 0.15) is 24.0 Å². The largest absolute Gasteiger partial charge is 0.489 e. The van der Waals surface area contributed by atoms with Gasteiger partial charge in [0.05, 0.1) is 22.2 Å². The fourth-order valence-electron chi connectivity index (χ4n) is 6.13. The van der Waals surface area contributed by atoms with Crippen molar-refractivity contribution in [3.05, 3.63) is 106 Å². The molecule has 1 aromatic heterocycles. The van der Waals surface area contributed by atoms with Crippen molar-refractivity contribution in [2.75, 3.05) is 0 Å². The highest BCUT2D eigenvalue weighted by Crippen LogP contribution is 2.39. The highest BCUT2D eigenvalue weighted by molar-refractivity contribution is 6.30. The minimum Gasteiger partial charge on any atom is -0.489 e.